The molecule has 0 aliphatic rings. The Hall–Kier alpha value is -2.33. The van der Waals surface area contributed by atoms with E-state index in [1.54, 1.807) is 35.3 Å². The van der Waals surface area contributed by atoms with Crippen molar-refractivity contribution >= 4 is 23.4 Å². The van der Waals surface area contributed by atoms with Crippen molar-refractivity contribution in [2.24, 2.45) is 0 Å². The molecule has 0 unspecified atom stereocenters. The van der Waals surface area contributed by atoms with Crippen LogP contribution in [0.3, 0.4) is 0 Å². The average molecular weight is 373 g/mol. The molecular weight excluding hydrogens is 348 g/mol. The quantitative estimate of drug-likeness (QED) is 0.714. The molecule has 0 spiro atoms. The lowest BCUT2D eigenvalue weighted by Gasteiger charge is -2.43. The molecule has 0 bridgehead atoms. The summed E-state index contributed by atoms with van der Waals surface area (Å²) in [6.45, 7) is 9.88. The standard InChI is InChI=1S/C21H25ClN2O2/c1-6-23(19(25)16-11-13-17(22)14-12-16)24(21(3,4)5)20(26)18-10-8-7-9-15(18)2/h7-14H,6H2,1-5H3. The third-order valence-electron chi connectivity index (χ3n) is 4.07. The Kier molecular flexibility index (Phi) is 6.09. The minimum atomic E-state index is -0.572. The molecule has 0 atom stereocenters. The van der Waals surface area contributed by atoms with Crippen molar-refractivity contribution in [2.75, 3.05) is 6.54 Å². The summed E-state index contributed by atoms with van der Waals surface area (Å²) < 4.78 is 0. The molecule has 2 aromatic rings. The number of carbonyl (C=O) groups excluding carboxylic acids is 2. The molecule has 0 saturated carbocycles. The van der Waals surface area contributed by atoms with Gasteiger partial charge in [0.05, 0.1) is 5.54 Å². The lowest BCUT2D eigenvalue weighted by atomic mass is 10.0. The van der Waals surface area contributed by atoms with Crippen molar-refractivity contribution in [1.29, 1.82) is 0 Å². The number of amides is 2. The van der Waals surface area contributed by atoms with Gasteiger partial charge in [0.1, 0.15) is 0 Å². The van der Waals surface area contributed by atoms with E-state index in [-0.39, 0.29) is 11.8 Å². The monoisotopic (exact) mass is 372 g/mol. The zero-order chi connectivity index (χ0) is 19.5. The molecule has 0 heterocycles. The van der Waals surface area contributed by atoms with Gasteiger partial charge in [-0.1, -0.05) is 29.8 Å². The van der Waals surface area contributed by atoms with Gasteiger partial charge in [-0.25, -0.2) is 10.0 Å². The van der Waals surface area contributed by atoms with E-state index in [2.05, 4.69) is 0 Å². The van der Waals surface area contributed by atoms with Crippen LogP contribution in [0.25, 0.3) is 0 Å². The predicted molar refractivity (Wildman–Crippen MR) is 105 cm³/mol. The summed E-state index contributed by atoms with van der Waals surface area (Å²) in [5, 5.41) is 3.61. The third kappa shape index (κ3) is 4.25. The molecule has 4 nitrogen and oxygen atoms in total. The van der Waals surface area contributed by atoms with Crippen LogP contribution < -0.4 is 0 Å². The van der Waals surface area contributed by atoms with E-state index in [9.17, 15) is 9.59 Å². The summed E-state index contributed by atoms with van der Waals surface area (Å²) in [6.07, 6.45) is 0. The van der Waals surface area contributed by atoms with Gasteiger partial charge >= 0.3 is 0 Å². The number of hydrogen-bond acceptors (Lipinski definition) is 2. The molecule has 0 aromatic heterocycles. The maximum atomic E-state index is 13.3. The van der Waals surface area contributed by atoms with E-state index in [0.29, 0.717) is 22.7 Å². The maximum absolute atomic E-state index is 13.3. The number of hydrogen-bond donors (Lipinski definition) is 0. The molecule has 2 rings (SSSR count). The molecule has 138 valence electrons. The minimum Gasteiger partial charge on any atom is -0.267 e. The van der Waals surface area contributed by atoms with E-state index in [0.717, 1.165) is 5.56 Å². The summed E-state index contributed by atoms with van der Waals surface area (Å²) in [7, 11) is 0. The Labute approximate surface area is 160 Å². The zero-order valence-electron chi connectivity index (χ0n) is 15.9. The normalized spacial score (nSPS) is 11.2. The number of hydrazine groups is 1. The third-order valence-corrected chi connectivity index (χ3v) is 4.32. The van der Waals surface area contributed by atoms with Gasteiger partial charge in [-0.15, -0.1) is 0 Å². The van der Waals surface area contributed by atoms with Gasteiger partial charge in [-0.05, 0) is 70.5 Å². The van der Waals surface area contributed by atoms with E-state index < -0.39 is 5.54 Å². The van der Waals surface area contributed by atoms with Crippen molar-refractivity contribution in [3.05, 3.63) is 70.2 Å². The van der Waals surface area contributed by atoms with Gasteiger partial charge in [0.25, 0.3) is 11.8 Å². The van der Waals surface area contributed by atoms with Crippen LogP contribution in [0, 0.1) is 6.92 Å². The van der Waals surface area contributed by atoms with Gasteiger partial charge in [0.15, 0.2) is 0 Å². The Morgan fingerprint density at radius 1 is 0.962 bits per heavy atom. The molecule has 0 aliphatic heterocycles. The zero-order valence-corrected chi connectivity index (χ0v) is 16.7. The van der Waals surface area contributed by atoms with E-state index in [1.165, 1.54) is 5.01 Å². The van der Waals surface area contributed by atoms with Gasteiger partial charge in [-0.2, -0.15) is 0 Å². The second-order valence-corrected chi connectivity index (χ2v) is 7.57. The first-order chi connectivity index (χ1) is 12.2. The summed E-state index contributed by atoms with van der Waals surface area (Å²) in [5.41, 5.74) is 1.38. The van der Waals surface area contributed by atoms with Crippen LogP contribution in [-0.4, -0.2) is 33.9 Å². The Balaban J connectivity index is 2.47. The number of aryl methyl sites for hydroxylation is 1. The molecule has 5 heteroatoms. The second kappa shape index (κ2) is 7.92. The van der Waals surface area contributed by atoms with Crippen LogP contribution in [0.4, 0.5) is 0 Å². The van der Waals surface area contributed by atoms with Crippen molar-refractivity contribution < 1.29 is 9.59 Å². The van der Waals surface area contributed by atoms with E-state index in [1.807, 2.05) is 52.8 Å². The molecule has 0 saturated heterocycles. The number of rotatable bonds is 3. The van der Waals surface area contributed by atoms with Gasteiger partial charge in [0, 0.05) is 22.7 Å². The van der Waals surface area contributed by atoms with Crippen LogP contribution in [-0.2, 0) is 0 Å². The molecule has 0 fully saturated rings. The van der Waals surface area contributed by atoms with Crippen LogP contribution in [0.5, 0.6) is 0 Å². The summed E-state index contributed by atoms with van der Waals surface area (Å²) in [5.74, 6) is -0.430. The molecule has 0 aliphatic carbocycles. The largest absolute Gasteiger partial charge is 0.273 e. The highest BCUT2D eigenvalue weighted by atomic mass is 35.5. The Morgan fingerprint density at radius 3 is 2.04 bits per heavy atom. The molecule has 0 radical (unpaired) electrons. The van der Waals surface area contributed by atoms with Gasteiger partial charge in [-0.3, -0.25) is 9.59 Å². The maximum Gasteiger partial charge on any atom is 0.273 e. The van der Waals surface area contributed by atoms with Crippen LogP contribution >= 0.6 is 11.6 Å². The average Bonchev–Trinajstić information content (AvgIpc) is 2.58. The highest BCUT2D eigenvalue weighted by Crippen LogP contribution is 2.24. The van der Waals surface area contributed by atoms with Crippen molar-refractivity contribution in [1.82, 2.24) is 10.0 Å². The Bertz CT molecular complexity index is 794. The number of benzene rings is 2. The van der Waals surface area contributed by atoms with Crippen LogP contribution in [0.2, 0.25) is 5.02 Å². The first-order valence-electron chi connectivity index (χ1n) is 8.64. The minimum absolute atomic E-state index is 0.195. The number of carbonyl (C=O) groups is 2. The molecule has 2 aromatic carbocycles. The van der Waals surface area contributed by atoms with E-state index in [4.69, 9.17) is 11.6 Å². The summed E-state index contributed by atoms with van der Waals surface area (Å²) >= 11 is 5.92. The molecular formula is C21H25ClN2O2. The lowest BCUT2D eigenvalue weighted by Crippen LogP contribution is -2.58. The summed E-state index contributed by atoms with van der Waals surface area (Å²) in [4.78, 5) is 26.4. The first-order valence-corrected chi connectivity index (χ1v) is 9.02. The topological polar surface area (TPSA) is 40.6 Å². The molecule has 2 amide bonds. The fourth-order valence-electron chi connectivity index (χ4n) is 2.82. The van der Waals surface area contributed by atoms with Crippen LogP contribution in [0.1, 0.15) is 54.0 Å². The molecule has 26 heavy (non-hydrogen) atoms. The fraction of sp³-hybridized carbons (Fsp3) is 0.333. The second-order valence-electron chi connectivity index (χ2n) is 7.13. The predicted octanol–water partition coefficient (Wildman–Crippen LogP) is 4.97. The first kappa shape index (κ1) is 20.0. The number of nitrogens with zero attached hydrogens (tertiary/aromatic N) is 2. The van der Waals surface area contributed by atoms with E-state index >= 15 is 0 Å². The van der Waals surface area contributed by atoms with Gasteiger partial charge < -0.3 is 0 Å². The van der Waals surface area contributed by atoms with Crippen molar-refractivity contribution in [2.45, 2.75) is 40.2 Å². The van der Waals surface area contributed by atoms with Crippen molar-refractivity contribution in [3.63, 3.8) is 0 Å². The van der Waals surface area contributed by atoms with Gasteiger partial charge in [0.2, 0.25) is 0 Å². The highest BCUT2D eigenvalue weighted by molar-refractivity contribution is 6.30. The highest BCUT2D eigenvalue weighted by Gasteiger charge is 2.35. The SMILES string of the molecule is CCN(C(=O)c1ccc(Cl)cc1)N(C(=O)c1ccccc1C)C(C)(C)C. The van der Waals surface area contributed by atoms with Crippen molar-refractivity contribution in [3.8, 4) is 0 Å². The smallest absolute Gasteiger partial charge is 0.267 e. The number of halogens is 1. The lowest BCUT2D eigenvalue weighted by molar-refractivity contribution is -0.0411. The van der Waals surface area contributed by atoms with Crippen LogP contribution in [0.15, 0.2) is 48.5 Å². The Morgan fingerprint density at radius 2 is 1.54 bits per heavy atom. The summed E-state index contributed by atoms with van der Waals surface area (Å²) in [6, 6.07) is 14.1. The fourth-order valence-corrected chi connectivity index (χ4v) is 2.95. The molecule has 0 N–H and O–H groups in total.